The highest BCUT2D eigenvalue weighted by Crippen LogP contribution is 2.27. The first-order chi connectivity index (χ1) is 13.8. The molecule has 0 radical (unpaired) electrons. The number of aliphatic carboxylic acids is 1. The van der Waals surface area contributed by atoms with E-state index in [9.17, 15) is 14.7 Å². The molecule has 1 atom stereocenters. The number of methoxy groups -OCH3 is 1. The van der Waals surface area contributed by atoms with Crippen LogP contribution in [0.15, 0.2) is 42.5 Å². The molecule has 0 aromatic heterocycles. The van der Waals surface area contributed by atoms with E-state index in [0.29, 0.717) is 22.0 Å². The summed E-state index contributed by atoms with van der Waals surface area (Å²) in [4.78, 5) is 23.5. The lowest BCUT2D eigenvalue weighted by atomic mass is 10.1. The van der Waals surface area contributed by atoms with Crippen molar-refractivity contribution in [2.75, 3.05) is 12.4 Å². The normalized spacial score (nSPS) is 11.8. The number of carbonyl (C=O) groups excluding carboxylic acids is 1. The number of rotatable bonds is 9. The van der Waals surface area contributed by atoms with Gasteiger partial charge in [0.05, 0.1) is 18.9 Å². The van der Waals surface area contributed by atoms with Crippen molar-refractivity contribution in [3.8, 4) is 5.75 Å². The summed E-state index contributed by atoms with van der Waals surface area (Å²) in [5.41, 5.74) is 1.92. The van der Waals surface area contributed by atoms with Crippen molar-refractivity contribution in [2.45, 2.75) is 39.1 Å². The molecule has 156 valence electrons. The molecule has 0 saturated heterocycles. The van der Waals surface area contributed by atoms with Crippen LogP contribution in [-0.2, 0) is 27.3 Å². The minimum atomic E-state index is -1.04. The summed E-state index contributed by atoms with van der Waals surface area (Å²) in [6.45, 7) is 3.65. The van der Waals surface area contributed by atoms with Gasteiger partial charge in [0, 0.05) is 11.4 Å². The lowest BCUT2D eigenvalue weighted by molar-refractivity contribution is -0.153. The van der Waals surface area contributed by atoms with Crippen molar-refractivity contribution >= 4 is 29.4 Å². The van der Waals surface area contributed by atoms with E-state index in [4.69, 9.17) is 25.8 Å². The third-order valence-electron chi connectivity index (χ3n) is 3.92. The summed E-state index contributed by atoms with van der Waals surface area (Å²) in [5, 5.41) is 12.5. The maximum atomic E-state index is 12.1. The van der Waals surface area contributed by atoms with Gasteiger partial charge >= 0.3 is 12.1 Å². The number of ether oxygens (including phenoxy) is 3. The Labute approximate surface area is 174 Å². The Morgan fingerprint density at radius 2 is 1.76 bits per heavy atom. The van der Waals surface area contributed by atoms with E-state index >= 15 is 0 Å². The van der Waals surface area contributed by atoms with Crippen LogP contribution < -0.4 is 10.1 Å². The maximum Gasteiger partial charge on any atom is 0.412 e. The molecule has 8 heteroatoms. The summed E-state index contributed by atoms with van der Waals surface area (Å²) in [5.74, 6) is -0.648. The maximum absolute atomic E-state index is 12.1. The zero-order valence-electron chi connectivity index (χ0n) is 16.5. The van der Waals surface area contributed by atoms with Crippen molar-refractivity contribution in [1.29, 1.82) is 0 Å². The molecule has 2 aromatic carbocycles. The first-order valence-electron chi connectivity index (χ1n) is 9.02. The molecule has 2 aromatic rings. The van der Waals surface area contributed by atoms with Crippen LogP contribution in [0.25, 0.3) is 0 Å². The van der Waals surface area contributed by atoms with Gasteiger partial charge in [0.2, 0.25) is 0 Å². The number of carboxylic acid groups (broad SMARTS) is 1. The first kappa shape index (κ1) is 22.5. The van der Waals surface area contributed by atoms with E-state index < -0.39 is 18.2 Å². The summed E-state index contributed by atoms with van der Waals surface area (Å²) in [7, 11) is 1.46. The molecule has 7 nitrogen and oxygen atoms in total. The average molecular weight is 422 g/mol. The topological polar surface area (TPSA) is 94.1 Å². The lowest BCUT2D eigenvalue weighted by Gasteiger charge is -2.17. The second kappa shape index (κ2) is 10.7. The smallest absolute Gasteiger partial charge is 0.412 e. The van der Waals surface area contributed by atoms with Gasteiger partial charge in [-0.25, -0.2) is 9.59 Å². The van der Waals surface area contributed by atoms with Crippen molar-refractivity contribution in [1.82, 2.24) is 0 Å². The fourth-order valence-electron chi connectivity index (χ4n) is 2.58. The Balaban J connectivity index is 2.00. The van der Waals surface area contributed by atoms with Gasteiger partial charge in [0.25, 0.3) is 0 Å². The van der Waals surface area contributed by atoms with Crippen LogP contribution in [0, 0.1) is 0 Å². The van der Waals surface area contributed by atoms with Crippen LogP contribution >= 0.6 is 11.6 Å². The Morgan fingerprint density at radius 1 is 1.10 bits per heavy atom. The SMILES string of the molecule is COc1cc(CC(OC(C)C)C(=O)O)ccc1NC(=O)OCc1ccc(Cl)cc1. The van der Waals surface area contributed by atoms with E-state index in [1.54, 1.807) is 56.3 Å². The van der Waals surface area contributed by atoms with Gasteiger partial charge in [-0.1, -0.05) is 29.8 Å². The van der Waals surface area contributed by atoms with E-state index in [1.807, 2.05) is 0 Å². The molecular weight excluding hydrogens is 398 g/mol. The largest absolute Gasteiger partial charge is 0.495 e. The van der Waals surface area contributed by atoms with Crippen LogP contribution in [0.5, 0.6) is 5.75 Å². The molecule has 2 N–H and O–H groups in total. The number of nitrogens with one attached hydrogen (secondary N) is 1. The first-order valence-corrected chi connectivity index (χ1v) is 9.39. The van der Waals surface area contributed by atoms with Crippen LogP contribution in [0.4, 0.5) is 10.5 Å². The van der Waals surface area contributed by atoms with Crippen molar-refractivity contribution in [3.05, 3.63) is 58.6 Å². The van der Waals surface area contributed by atoms with Gasteiger partial charge in [0.15, 0.2) is 6.10 Å². The Hall–Kier alpha value is -2.77. The second-order valence-electron chi connectivity index (χ2n) is 6.58. The molecule has 0 aliphatic heterocycles. The predicted molar refractivity (Wildman–Crippen MR) is 110 cm³/mol. The number of carboxylic acids is 1. The molecule has 29 heavy (non-hydrogen) atoms. The molecule has 0 aliphatic rings. The number of amides is 1. The number of anilines is 1. The summed E-state index contributed by atoms with van der Waals surface area (Å²) in [6, 6.07) is 12.0. The molecule has 2 rings (SSSR count). The minimum absolute atomic E-state index is 0.0935. The quantitative estimate of drug-likeness (QED) is 0.618. The van der Waals surface area contributed by atoms with Crippen LogP contribution in [-0.4, -0.2) is 36.5 Å². The number of hydrogen-bond donors (Lipinski definition) is 2. The lowest BCUT2D eigenvalue weighted by Crippen LogP contribution is -2.29. The van der Waals surface area contributed by atoms with E-state index in [1.165, 1.54) is 7.11 Å². The third kappa shape index (κ3) is 7.29. The standard InChI is InChI=1S/C21H24ClNO6/c1-13(2)29-19(20(24)25)11-15-6-9-17(18(10-15)27-3)23-21(26)28-12-14-4-7-16(22)8-5-14/h4-10,13,19H,11-12H2,1-3H3,(H,23,26)(H,24,25). The van der Waals surface area contributed by atoms with E-state index in [-0.39, 0.29) is 19.1 Å². The summed E-state index contributed by atoms with van der Waals surface area (Å²) < 4.78 is 15.9. The molecule has 1 amide bonds. The number of halogens is 1. The zero-order chi connectivity index (χ0) is 21.4. The number of hydrogen-bond acceptors (Lipinski definition) is 5. The Kier molecular flexibility index (Phi) is 8.30. The minimum Gasteiger partial charge on any atom is -0.495 e. The second-order valence-corrected chi connectivity index (χ2v) is 7.01. The van der Waals surface area contributed by atoms with Gasteiger partial charge in [-0.15, -0.1) is 0 Å². The van der Waals surface area contributed by atoms with E-state index in [2.05, 4.69) is 5.32 Å². The predicted octanol–water partition coefficient (Wildman–Crippen LogP) is 4.52. The highest BCUT2D eigenvalue weighted by molar-refractivity contribution is 6.30. The fraction of sp³-hybridized carbons (Fsp3) is 0.333. The molecule has 0 spiro atoms. The molecule has 0 bridgehead atoms. The fourth-order valence-corrected chi connectivity index (χ4v) is 2.70. The van der Waals surface area contributed by atoms with Crippen LogP contribution in [0.1, 0.15) is 25.0 Å². The van der Waals surface area contributed by atoms with Crippen LogP contribution in [0.3, 0.4) is 0 Å². The molecule has 0 saturated carbocycles. The average Bonchev–Trinajstić information content (AvgIpc) is 2.67. The monoisotopic (exact) mass is 421 g/mol. The van der Waals surface area contributed by atoms with Gasteiger partial charge < -0.3 is 19.3 Å². The van der Waals surface area contributed by atoms with Gasteiger partial charge in [0.1, 0.15) is 12.4 Å². The Bertz CT molecular complexity index is 838. The summed E-state index contributed by atoms with van der Waals surface area (Å²) >= 11 is 5.83. The van der Waals surface area contributed by atoms with Crippen LogP contribution in [0.2, 0.25) is 5.02 Å². The third-order valence-corrected chi connectivity index (χ3v) is 4.17. The molecule has 0 aliphatic carbocycles. The number of benzene rings is 2. The number of carbonyl (C=O) groups is 2. The van der Waals surface area contributed by atoms with Gasteiger partial charge in [-0.3, -0.25) is 5.32 Å². The van der Waals surface area contributed by atoms with Crippen molar-refractivity contribution in [2.24, 2.45) is 0 Å². The van der Waals surface area contributed by atoms with Crippen molar-refractivity contribution < 1.29 is 28.9 Å². The Morgan fingerprint density at radius 3 is 2.34 bits per heavy atom. The van der Waals surface area contributed by atoms with E-state index in [0.717, 1.165) is 5.56 Å². The zero-order valence-corrected chi connectivity index (χ0v) is 17.2. The molecule has 1 unspecified atom stereocenters. The molecule has 0 heterocycles. The highest BCUT2D eigenvalue weighted by atomic mass is 35.5. The highest BCUT2D eigenvalue weighted by Gasteiger charge is 2.21. The van der Waals surface area contributed by atoms with Gasteiger partial charge in [-0.2, -0.15) is 0 Å². The van der Waals surface area contributed by atoms with Gasteiger partial charge in [-0.05, 0) is 49.2 Å². The molecule has 0 fully saturated rings. The molecular formula is C21H24ClNO6. The van der Waals surface area contributed by atoms with Crippen molar-refractivity contribution in [3.63, 3.8) is 0 Å². The summed E-state index contributed by atoms with van der Waals surface area (Å²) in [6.07, 6.45) is -1.65.